The summed E-state index contributed by atoms with van der Waals surface area (Å²) < 4.78 is 71.5. The summed E-state index contributed by atoms with van der Waals surface area (Å²) >= 11 is 0. The molecule has 1 saturated carbocycles. The van der Waals surface area contributed by atoms with Crippen LogP contribution in [0.3, 0.4) is 0 Å². The molecule has 144 valence electrons. The first-order chi connectivity index (χ1) is 12.6. The fourth-order valence-electron chi connectivity index (χ4n) is 2.95. The predicted molar refractivity (Wildman–Crippen MR) is 85.3 cm³/mol. The number of ether oxygens (including phenoxy) is 1. The van der Waals surface area contributed by atoms with Crippen molar-refractivity contribution in [3.8, 4) is 6.07 Å². The molecule has 2 atom stereocenters. The number of carbonyl (C=O) groups is 1. The molecule has 0 bridgehead atoms. The van der Waals surface area contributed by atoms with Crippen molar-refractivity contribution in [1.29, 1.82) is 5.26 Å². The zero-order valence-electron chi connectivity index (χ0n) is 14.7. The summed E-state index contributed by atoms with van der Waals surface area (Å²) in [6.07, 6.45) is 4.80. The number of hydrogen-bond acceptors (Lipinski definition) is 3. The summed E-state index contributed by atoms with van der Waals surface area (Å²) in [5.41, 5.74) is -1.44. The molecule has 1 fully saturated rings. The highest BCUT2D eigenvalue weighted by Crippen LogP contribution is 2.60. The Bertz CT molecular complexity index is 854. The Morgan fingerprint density at radius 3 is 2.11 bits per heavy atom. The van der Waals surface area contributed by atoms with Crippen molar-refractivity contribution < 1.29 is 31.5 Å². The monoisotopic (exact) mass is 385 g/mol. The average molecular weight is 385 g/mol. The van der Waals surface area contributed by atoms with Crippen molar-refractivity contribution >= 4 is 5.97 Å². The van der Waals surface area contributed by atoms with Gasteiger partial charge in [0.15, 0.2) is 23.3 Å². The molecule has 0 saturated heterocycles. The number of hydrogen-bond donors (Lipinski definition) is 0. The number of allylic oxidation sites excluding steroid dienone is 4. The highest BCUT2D eigenvalue weighted by Gasteiger charge is 2.61. The van der Waals surface area contributed by atoms with Gasteiger partial charge in [-0.2, -0.15) is 5.26 Å². The molecule has 0 radical (unpaired) electrons. The SMILES string of the molecule is C/C=C/C(C#N)=C/[C@@H]1[C@@H](C(=O)OCc2c(F)c(F)c(F)c(F)c2F)C1(C)C. The van der Waals surface area contributed by atoms with Crippen LogP contribution in [0.25, 0.3) is 0 Å². The molecule has 0 amide bonds. The minimum atomic E-state index is -2.28. The fraction of sp³-hybridized carbons (Fsp3) is 0.368. The summed E-state index contributed by atoms with van der Waals surface area (Å²) in [5.74, 6) is -12.4. The highest BCUT2D eigenvalue weighted by molar-refractivity contribution is 5.78. The Balaban J connectivity index is 2.17. The van der Waals surface area contributed by atoms with Gasteiger partial charge in [-0.1, -0.05) is 26.0 Å². The smallest absolute Gasteiger partial charge is 0.310 e. The number of nitrogens with zero attached hydrogens (tertiary/aromatic N) is 1. The van der Waals surface area contributed by atoms with Crippen molar-refractivity contribution in [1.82, 2.24) is 0 Å². The largest absolute Gasteiger partial charge is 0.460 e. The van der Waals surface area contributed by atoms with Crippen molar-refractivity contribution in [2.75, 3.05) is 0 Å². The maximum atomic E-state index is 13.6. The molecule has 0 N–H and O–H groups in total. The first-order valence-corrected chi connectivity index (χ1v) is 7.99. The van der Waals surface area contributed by atoms with Gasteiger partial charge < -0.3 is 4.74 Å². The molecule has 27 heavy (non-hydrogen) atoms. The van der Waals surface area contributed by atoms with Crippen LogP contribution in [0.15, 0.2) is 23.8 Å². The lowest BCUT2D eigenvalue weighted by molar-refractivity contribution is -0.147. The molecule has 0 aliphatic heterocycles. The molecule has 0 heterocycles. The number of rotatable bonds is 5. The molecule has 1 aromatic carbocycles. The van der Waals surface area contributed by atoms with E-state index in [0.29, 0.717) is 5.57 Å². The van der Waals surface area contributed by atoms with Gasteiger partial charge in [0.1, 0.15) is 6.61 Å². The van der Waals surface area contributed by atoms with E-state index >= 15 is 0 Å². The van der Waals surface area contributed by atoms with Gasteiger partial charge in [0.2, 0.25) is 5.82 Å². The van der Waals surface area contributed by atoms with Crippen LogP contribution in [-0.2, 0) is 16.1 Å². The molecule has 1 aromatic rings. The maximum absolute atomic E-state index is 13.6. The lowest BCUT2D eigenvalue weighted by atomic mass is 10.1. The number of benzene rings is 1. The van der Waals surface area contributed by atoms with Crippen LogP contribution in [0, 0.1) is 57.7 Å². The Labute approximate surface area is 152 Å². The lowest BCUT2D eigenvalue weighted by Gasteiger charge is -2.09. The zero-order valence-corrected chi connectivity index (χ0v) is 14.7. The molecular weight excluding hydrogens is 369 g/mol. The Morgan fingerprint density at radius 1 is 1.11 bits per heavy atom. The summed E-state index contributed by atoms with van der Waals surface area (Å²) in [7, 11) is 0. The Hall–Kier alpha value is -2.69. The van der Waals surface area contributed by atoms with E-state index in [0.717, 1.165) is 0 Å². The molecule has 0 aromatic heterocycles. The molecule has 1 aliphatic rings. The van der Waals surface area contributed by atoms with E-state index in [1.807, 2.05) is 6.07 Å². The van der Waals surface area contributed by atoms with Gasteiger partial charge in [-0.3, -0.25) is 4.79 Å². The Morgan fingerprint density at radius 2 is 1.63 bits per heavy atom. The second-order valence-corrected chi connectivity index (χ2v) is 6.71. The topological polar surface area (TPSA) is 50.1 Å². The molecule has 2 rings (SSSR count). The van der Waals surface area contributed by atoms with Gasteiger partial charge in [-0.05, 0) is 24.3 Å². The van der Waals surface area contributed by atoms with Gasteiger partial charge in [-0.25, -0.2) is 22.0 Å². The van der Waals surface area contributed by atoms with E-state index in [4.69, 9.17) is 10.00 Å². The van der Waals surface area contributed by atoms with Crippen LogP contribution < -0.4 is 0 Å². The van der Waals surface area contributed by atoms with Gasteiger partial charge in [-0.15, -0.1) is 0 Å². The standard InChI is InChI=1S/C19H16F5NO2/c1-4-5-9(7-25)6-11-12(19(11,2)3)18(26)27-8-10-13(20)15(22)17(24)16(23)14(10)21/h4-6,11-12H,8H2,1-3H3/b5-4+,9-6-/t11-,12+/m1/s1. The number of nitriles is 1. The van der Waals surface area contributed by atoms with Crippen LogP contribution in [-0.4, -0.2) is 5.97 Å². The maximum Gasteiger partial charge on any atom is 0.310 e. The van der Waals surface area contributed by atoms with E-state index in [2.05, 4.69) is 0 Å². The third-order valence-corrected chi connectivity index (χ3v) is 4.66. The highest BCUT2D eigenvalue weighted by atomic mass is 19.2. The van der Waals surface area contributed by atoms with Crippen LogP contribution in [0.5, 0.6) is 0 Å². The van der Waals surface area contributed by atoms with E-state index in [-0.39, 0.29) is 5.92 Å². The number of esters is 1. The average Bonchev–Trinajstić information content (AvgIpc) is 3.17. The number of halogens is 5. The lowest BCUT2D eigenvalue weighted by Crippen LogP contribution is -2.14. The molecule has 3 nitrogen and oxygen atoms in total. The van der Waals surface area contributed by atoms with Crippen LogP contribution >= 0.6 is 0 Å². The second kappa shape index (κ2) is 7.51. The van der Waals surface area contributed by atoms with Crippen LogP contribution in [0.1, 0.15) is 26.3 Å². The third kappa shape index (κ3) is 3.72. The normalized spacial score (nSPS) is 21.2. The minimum absolute atomic E-state index is 0.339. The van der Waals surface area contributed by atoms with Crippen molar-refractivity contribution in [2.24, 2.45) is 17.3 Å². The van der Waals surface area contributed by atoms with E-state index in [9.17, 15) is 26.7 Å². The first kappa shape index (κ1) is 20.6. The van der Waals surface area contributed by atoms with Crippen LogP contribution in [0.4, 0.5) is 22.0 Å². The summed E-state index contributed by atoms with van der Waals surface area (Å²) in [5, 5.41) is 9.05. The van der Waals surface area contributed by atoms with Crippen LogP contribution in [0.2, 0.25) is 0 Å². The third-order valence-electron chi connectivity index (χ3n) is 4.66. The Kier molecular flexibility index (Phi) is 5.73. The molecule has 0 unspecified atom stereocenters. The summed E-state index contributed by atoms with van der Waals surface area (Å²) in [6, 6.07) is 1.97. The predicted octanol–water partition coefficient (Wildman–Crippen LogP) is 4.72. The molecular formula is C19H16F5NO2. The first-order valence-electron chi connectivity index (χ1n) is 7.99. The summed E-state index contributed by atoms with van der Waals surface area (Å²) in [6.45, 7) is 4.11. The van der Waals surface area contributed by atoms with Crippen molar-refractivity contribution in [3.05, 3.63) is 58.5 Å². The second-order valence-electron chi connectivity index (χ2n) is 6.71. The van der Waals surface area contributed by atoms with Gasteiger partial charge >= 0.3 is 5.97 Å². The van der Waals surface area contributed by atoms with E-state index in [1.54, 1.807) is 39.0 Å². The van der Waals surface area contributed by atoms with E-state index in [1.165, 1.54) is 0 Å². The zero-order chi connectivity index (χ0) is 20.5. The number of carbonyl (C=O) groups excluding carboxylic acids is 1. The molecule has 0 spiro atoms. The summed E-state index contributed by atoms with van der Waals surface area (Å²) in [4.78, 5) is 12.2. The quantitative estimate of drug-likeness (QED) is 0.184. The minimum Gasteiger partial charge on any atom is -0.460 e. The molecule has 8 heteroatoms. The van der Waals surface area contributed by atoms with E-state index < -0.39 is 58.6 Å². The molecule has 1 aliphatic carbocycles. The van der Waals surface area contributed by atoms with Crippen molar-refractivity contribution in [3.63, 3.8) is 0 Å². The van der Waals surface area contributed by atoms with Gasteiger partial charge in [0, 0.05) is 5.57 Å². The van der Waals surface area contributed by atoms with Gasteiger partial charge in [0.25, 0.3) is 0 Å². The van der Waals surface area contributed by atoms with Crippen molar-refractivity contribution in [2.45, 2.75) is 27.4 Å². The fourth-order valence-corrected chi connectivity index (χ4v) is 2.95. The van der Waals surface area contributed by atoms with Gasteiger partial charge in [0.05, 0.1) is 17.6 Å².